The molecule has 3 aliphatic rings. The average molecular weight is 667 g/mol. The maximum Gasteiger partial charge on any atom is 0.256 e. The van der Waals surface area contributed by atoms with Crippen LogP contribution >= 0.6 is 0 Å². The van der Waals surface area contributed by atoms with Crippen molar-refractivity contribution in [3.63, 3.8) is 0 Å². The summed E-state index contributed by atoms with van der Waals surface area (Å²) >= 11 is 0. The Balaban J connectivity index is 1.15. The minimum atomic E-state index is -3.11. The Labute approximate surface area is 279 Å². The second-order valence-electron chi connectivity index (χ2n) is 14.9. The van der Waals surface area contributed by atoms with Crippen LogP contribution in [-0.4, -0.2) is 114 Å². The molecule has 1 aliphatic carbocycles. The number of sulfonamides is 1. The fraction of sp³-hybridized carbons (Fsp3) is 0.611. The fourth-order valence-electron chi connectivity index (χ4n) is 8.27. The highest BCUT2D eigenvalue weighted by atomic mass is 32.2. The second-order valence-corrected chi connectivity index (χ2v) is 16.9. The van der Waals surface area contributed by atoms with Gasteiger partial charge in [0.15, 0.2) is 0 Å². The molecule has 4 heterocycles. The van der Waals surface area contributed by atoms with Crippen LogP contribution in [-0.2, 0) is 16.4 Å². The number of aromatic nitrogens is 2. The first-order valence-electron chi connectivity index (χ1n) is 17.2. The van der Waals surface area contributed by atoms with Crippen molar-refractivity contribution in [1.29, 1.82) is 0 Å². The third-order valence-electron chi connectivity index (χ3n) is 11.0. The van der Waals surface area contributed by atoms with Crippen molar-refractivity contribution >= 4 is 26.8 Å². The van der Waals surface area contributed by atoms with Gasteiger partial charge in [-0.05, 0) is 87.1 Å². The highest BCUT2D eigenvalue weighted by Gasteiger charge is 2.45. The van der Waals surface area contributed by atoms with Gasteiger partial charge in [-0.1, -0.05) is 13.8 Å². The number of piperazine rings is 1. The lowest BCUT2D eigenvalue weighted by atomic mass is 9.69. The summed E-state index contributed by atoms with van der Waals surface area (Å²) < 4.78 is 42.0. The number of nitrogens with zero attached hydrogens (tertiary/aromatic N) is 6. The number of aryl methyl sites for hydroxylation is 1. The highest BCUT2D eigenvalue weighted by molar-refractivity contribution is 7.88. The first kappa shape index (κ1) is 34.0. The van der Waals surface area contributed by atoms with E-state index in [2.05, 4.69) is 41.8 Å². The van der Waals surface area contributed by atoms with Crippen molar-refractivity contribution < 1.29 is 17.6 Å². The number of carbonyl (C=O) groups excluding carboxylic acids is 1. The Kier molecular flexibility index (Phi) is 9.56. The number of likely N-dealkylation sites (tertiary alicyclic amines) is 1. The zero-order chi connectivity index (χ0) is 33.8. The minimum absolute atomic E-state index is 0.0146. The van der Waals surface area contributed by atoms with E-state index < -0.39 is 15.8 Å². The van der Waals surface area contributed by atoms with Gasteiger partial charge in [0.2, 0.25) is 10.0 Å². The van der Waals surface area contributed by atoms with Crippen LogP contribution in [0.5, 0.6) is 0 Å². The third-order valence-corrected chi connectivity index (χ3v) is 12.3. The van der Waals surface area contributed by atoms with Crippen LogP contribution in [0.15, 0.2) is 36.8 Å². The van der Waals surface area contributed by atoms with E-state index in [1.165, 1.54) is 36.8 Å². The van der Waals surface area contributed by atoms with Crippen LogP contribution < -0.4 is 0 Å². The van der Waals surface area contributed by atoms with E-state index in [4.69, 9.17) is 0 Å². The third kappa shape index (κ3) is 6.73. The lowest BCUT2D eigenvalue weighted by molar-refractivity contribution is -0.0496. The Morgan fingerprint density at radius 3 is 2.36 bits per heavy atom. The largest absolute Gasteiger partial charge is 0.339 e. The summed E-state index contributed by atoms with van der Waals surface area (Å²) in [6, 6.07) is 5.58. The molecule has 2 saturated heterocycles. The van der Waals surface area contributed by atoms with Crippen LogP contribution in [0.4, 0.5) is 4.39 Å². The topological polar surface area (TPSA) is 82.0 Å². The quantitative estimate of drug-likeness (QED) is 0.309. The normalized spacial score (nSPS) is 22.5. The number of carbonyl (C=O) groups is 1. The molecule has 47 heavy (non-hydrogen) atoms. The molecule has 0 N–H and O–H groups in total. The number of pyridine rings is 1. The fourth-order valence-corrected chi connectivity index (χ4v) is 9.10. The molecule has 1 amide bonds. The molecule has 0 unspecified atom stereocenters. The predicted molar refractivity (Wildman–Crippen MR) is 185 cm³/mol. The average Bonchev–Trinajstić information content (AvgIpc) is 3.34. The molecule has 6 rings (SSSR count). The van der Waals surface area contributed by atoms with E-state index >= 15 is 0 Å². The van der Waals surface area contributed by atoms with Gasteiger partial charge in [-0.3, -0.25) is 19.6 Å². The van der Waals surface area contributed by atoms with Gasteiger partial charge >= 0.3 is 0 Å². The van der Waals surface area contributed by atoms with Crippen molar-refractivity contribution in [3.8, 4) is 5.69 Å². The van der Waals surface area contributed by atoms with Gasteiger partial charge in [-0.15, -0.1) is 0 Å². The van der Waals surface area contributed by atoms with Crippen molar-refractivity contribution in [2.24, 2.45) is 17.8 Å². The van der Waals surface area contributed by atoms with Crippen LogP contribution in [0.25, 0.3) is 16.6 Å². The maximum absolute atomic E-state index is 14.5. The lowest BCUT2D eigenvalue weighted by Gasteiger charge is -2.55. The van der Waals surface area contributed by atoms with Crippen LogP contribution in [0.3, 0.4) is 0 Å². The van der Waals surface area contributed by atoms with E-state index in [1.54, 1.807) is 22.3 Å². The molecule has 3 aromatic rings. The number of amides is 1. The number of hydrogen-bond acceptors (Lipinski definition) is 6. The van der Waals surface area contributed by atoms with Crippen LogP contribution in [0, 0.1) is 30.5 Å². The van der Waals surface area contributed by atoms with Gasteiger partial charge < -0.3 is 9.47 Å². The summed E-state index contributed by atoms with van der Waals surface area (Å²) in [5.74, 6) is 1.13. The number of halogens is 1. The number of rotatable bonds is 10. The zero-order valence-corrected chi connectivity index (χ0v) is 29.8. The van der Waals surface area contributed by atoms with Crippen LogP contribution in [0.2, 0.25) is 0 Å². The molecule has 1 aromatic carbocycles. The number of fused-ring (bicyclic) bond motifs is 1. The zero-order valence-electron chi connectivity index (χ0n) is 29.0. The monoisotopic (exact) mass is 666 g/mol. The Bertz CT molecular complexity index is 1720. The molecule has 2 aliphatic heterocycles. The van der Waals surface area contributed by atoms with Gasteiger partial charge in [0.1, 0.15) is 5.82 Å². The first-order valence-corrected chi connectivity index (χ1v) is 19.0. The molecule has 3 fully saturated rings. The molecule has 1 saturated carbocycles. The smallest absolute Gasteiger partial charge is 0.256 e. The van der Waals surface area contributed by atoms with Gasteiger partial charge in [0.05, 0.1) is 29.2 Å². The van der Waals surface area contributed by atoms with Crippen molar-refractivity contribution in [1.82, 2.24) is 28.6 Å². The number of hydrogen-bond donors (Lipinski definition) is 0. The highest BCUT2D eigenvalue weighted by Crippen LogP contribution is 2.42. The first-order chi connectivity index (χ1) is 22.2. The molecular formula is C36H51FN6O3S. The van der Waals surface area contributed by atoms with Crippen molar-refractivity contribution in [3.05, 3.63) is 59.3 Å². The molecule has 2 aromatic heterocycles. The molecule has 11 heteroatoms. The Hall–Kier alpha value is -2.86. The van der Waals surface area contributed by atoms with Gasteiger partial charge in [0, 0.05) is 82.2 Å². The minimum Gasteiger partial charge on any atom is -0.339 e. The summed E-state index contributed by atoms with van der Waals surface area (Å²) in [5.41, 5.74) is 4.28. The summed E-state index contributed by atoms with van der Waals surface area (Å²) in [6.07, 6.45) is 10.5. The molecule has 9 nitrogen and oxygen atoms in total. The predicted octanol–water partition coefficient (Wildman–Crippen LogP) is 4.81. The Morgan fingerprint density at radius 2 is 1.74 bits per heavy atom. The van der Waals surface area contributed by atoms with Crippen molar-refractivity contribution in [2.75, 3.05) is 52.6 Å². The molecule has 1 atom stereocenters. The standard InChI is InChI=1S/C36H51FN6O3S/c1-23(2)35(27-15-30(16-27)40-10-12-42(13-11-40)47(7,45)46)41-20-26(21-41)14-28-22-43(33-19-38-18-25(5)34(28)33)32-9-8-29(37)17-31(32)36(44)39(6)24(3)4/h8-9,17-19,22-24,26-27,30,35H,10-16,20-21H2,1-7H3/t27-,30+,35-/m1/s1. The molecular weight excluding hydrogens is 616 g/mol. The Morgan fingerprint density at radius 1 is 1.06 bits per heavy atom. The summed E-state index contributed by atoms with van der Waals surface area (Å²) in [7, 11) is -1.35. The van der Waals surface area contributed by atoms with E-state index in [9.17, 15) is 17.6 Å². The van der Waals surface area contributed by atoms with E-state index in [-0.39, 0.29) is 11.9 Å². The molecule has 0 bridgehead atoms. The SMILES string of the molecule is Cc1cncc2c1c(CC1CN([C@H](C(C)C)[C@H]3C[C@@H](N4CCN(S(C)(=O)=O)CC4)C3)C1)cn2-c1ccc(F)cc1C(=O)N(C)C(C)C. The molecule has 0 spiro atoms. The summed E-state index contributed by atoms with van der Waals surface area (Å²) in [5, 5.41) is 1.16. The second kappa shape index (κ2) is 13.2. The molecule has 256 valence electrons. The number of benzene rings is 1. The van der Waals surface area contributed by atoms with Crippen LogP contribution in [0.1, 0.15) is 62.0 Å². The summed E-state index contributed by atoms with van der Waals surface area (Å²) in [6.45, 7) is 15.7. The summed E-state index contributed by atoms with van der Waals surface area (Å²) in [4.78, 5) is 24.8. The van der Waals surface area contributed by atoms with E-state index in [0.29, 0.717) is 54.2 Å². The van der Waals surface area contributed by atoms with Gasteiger partial charge in [-0.25, -0.2) is 12.8 Å². The van der Waals surface area contributed by atoms with E-state index in [0.717, 1.165) is 49.1 Å². The lowest BCUT2D eigenvalue weighted by Crippen LogP contribution is -2.62. The maximum atomic E-state index is 14.5. The van der Waals surface area contributed by atoms with E-state index in [1.807, 2.05) is 30.8 Å². The molecule has 0 radical (unpaired) electrons. The van der Waals surface area contributed by atoms with Crippen molar-refractivity contribution in [2.45, 2.75) is 72.0 Å². The van der Waals surface area contributed by atoms with Gasteiger partial charge in [0.25, 0.3) is 5.91 Å². The van der Waals surface area contributed by atoms with Gasteiger partial charge in [-0.2, -0.15) is 4.31 Å².